The highest BCUT2D eigenvalue weighted by atomic mass is 16.2. The van der Waals surface area contributed by atoms with Crippen LogP contribution in [0.15, 0.2) is 0 Å². The number of amides is 3. The van der Waals surface area contributed by atoms with Gasteiger partial charge in [-0.2, -0.15) is 0 Å². The largest absolute Gasteiger partial charge is 0.327 e. The molecule has 22 heavy (non-hydrogen) atoms. The van der Waals surface area contributed by atoms with Crippen LogP contribution in [0.25, 0.3) is 0 Å². The lowest BCUT2D eigenvalue weighted by molar-refractivity contribution is -0.129. The number of imide groups is 1. The Morgan fingerprint density at radius 2 is 1.86 bits per heavy atom. The van der Waals surface area contributed by atoms with Crippen LogP contribution in [0.1, 0.15) is 50.2 Å². The summed E-state index contributed by atoms with van der Waals surface area (Å²) in [7, 11) is 0. The van der Waals surface area contributed by atoms with E-state index in [-0.39, 0.29) is 24.5 Å². The van der Waals surface area contributed by atoms with Gasteiger partial charge in [0.1, 0.15) is 11.9 Å². The molecule has 7 nitrogen and oxygen atoms in total. The SMILES string of the molecule is O=C1[C@H]2CCCCN2C(=O)N1Cc1nnc2n1CCCCC2. The number of aryl methyl sites for hydroxylation is 1. The number of hydrogen-bond donors (Lipinski definition) is 0. The molecule has 0 aromatic carbocycles. The third-order valence-electron chi connectivity index (χ3n) is 5.02. The van der Waals surface area contributed by atoms with E-state index < -0.39 is 0 Å². The summed E-state index contributed by atoms with van der Waals surface area (Å²) in [5.41, 5.74) is 0. The number of urea groups is 1. The summed E-state index contributed by atoms with van der Waals surface area (Å²) in [4.78, 5) is 28.1. The molecule has 0 spiro atoms. The van der Waals surface area contributed by atoms with E-state index >= 15 is 0 Å². The Morgan fingerprint density at radius 3 is 2.73 bits per heavy atom. The molecule has 2 fully saturated rings. The molecular formula is C15H21N5O2. The van der Waals surface area contributed by atoms with Crippen LogP contribution < -0.4 is 0 Å². The van der Waals surface area contributed by atoms with E-state index in [2.05, 4.69) is 14.8 Å². The predicted octanol–water partition coefficient (Wildman–Crippen LogP) is 1.32. The normalized spacial score (nSPS) is 25.2. The van der Waals surface area contributed by atoms with Crippen LogP contribution in [-0.2, 0) is 24.3 Å². The van der Waals surface area contributed by atoms with Gasteiger partial charge < -0.3 is 9.47 Å². The molecule has 0 unspecified atom stereocenters. The number of nitrogens with zero attached hydrogens (tertiary/aromatic N) is 5. The van der Waals surface area contributed by atoms with Gasteiger partial charge in [0.15, 0.2) is 5.82 Å². The van der Waals surface area contributed by atoms with Gasteiger partial charge >= 0.3 is 6.03 Å². The summed E-state index contributed by atoms with van der Waals surface area (Å²) < 4.78 is 2.10. The Morgan fingerprint density at radius 1 is 1.00 bits per heavy atom. The smallest absolute Gasteiger partial charge is 0.313 e. The van der Waals surface area contributed by atoms with Crippen molar-refractivity contribution in [1.82, 2.24) is 24.6 Å². The molecule has 3 aliphatic rings. The topological polar surface area (TPSA) is 71.3 Å². The van der Waals surface area contributed by atoms with Gasteiger partial charge in [-0.25, -0.2) is 4.79 Å². The van der Waals surface area contributed by atoms with Gasteiger partial charge in [-0.3, -0.25) is 9.69 Å². The second-order valence-electron chi connectivity index (χ2n) is 6.41. The molecular weight excluding hydrogens is 282 g/mol. The van der Waals surface area contributed by atoms with E-state index in [0.29, 0.717) is 6.54 Å². The predicted molar refractivity (Wildman–Crippen MR) is 77.9 cm³/mol. The van der Waals surface area contributed by atoms with Gasteiger partial charge in [-0.1, -0.05) is 6.42 Å². The maximum atomic E-state index is 12.5. The van der Waals surface area contributed by atoms with Gasteiger partial charge in [0, 0.05) is 19.5 Å². The third-order valence-corrected chi connectivity index (χ3v) is 5.02. The molecule has 4 rings (SSSR count). The number of aromatic nitrogens is 3. The van der Waals surface area contributed by atoms with E-state index in [1.54, 1.807) is 4.90 Å². The van der Waals surface area contributed by atoms with Crippen molar-refractivity contribution >= 4 is 11.9 Å². The number of hydrogen-bond acceptors (Lipinski definition) is 4. The van der Waals surface area contributed by atoms with E-state index in [4.69, 9.17) is 0 Å². The molecule has 4 heterocycles. The molecule has 0 saturated carbocycles. The Balaban J connectivity index is 1.57. The first-order chi connectivity index (χ1) is 10.8. The highest BCUT2D eigenvalue weighted by Gasteiger charge is 2.46. The lowest BCUT2D eigenvalue weighted by Gasteiger charge is -2.26. The van der Waals surface area contributed by atoms with E-state index in [1.807, 2.05) is 0 Å². The highest BCUT2D eigenvalue weighted by molar-refractivity contribution is 6.04. The molecule has 3 aliphatic heterocycles. The Labute approximate surface area is 129 Å². The summed E-state index contributed by atoms with van der Waals surface area (Å²) in [5, 5.41) is 8.49. The number of carbonyl (C=O) groups excluding carboxylic acids is 2. The molecule has 7 heteroatoms. The summed E-state index contributed by atoms with van der Waals surface area (Å²) in [6, 6.07) is -0.395. The van der Waals surface area contributed by atoms with Crippen molar-refractivity contribution in [3.8, 4) is 0 Å². The molecule has 0 aliphatic carbocycles. The molecule has 0 bridgehead atoms. The lowest BCUT2D eigenvalue weighted by atomic mass is 10.0. The molecule has 118 valence electrons. The average Bonchev–Trinajstić information content (AvgIpc) is 2.91. The average molecular weight is 303 g/mol. The summed E-state index contributed by atoms with van der Waals surface area (Å²) in [6.45, 7) is 1.85. The van der Waals surface area contributed by atoms with Crippen molar-refractivity contribution in [2.75, 3.05) is 6.54 Å². The maximum Gasteiger partial charge on any atom is 0.327 e. The summed E-state index contributed by atoms with van der Waals surface area (Å²) >= 11 is 0. The minimum Gasteiger partial charge on any atom is -0.313 e. The summed E-state index contributed by atoms with van der Waals surface area (Å²) in [6.07, 6.45) is 7.17. The fourth-order valence-electron chi connectivity index (χ4n) is 3.80. The number of fused-ring (bicyclic) bond motifs is 2. The van der Waals surface area contributed by atoms with Crippen molar-refractivity contribution < 1.29 is 9.59 Å². The molecule has 0 N–H and O–H groups in total. The maximum absolute atomic E-state index is 12.5. The summed E-state index contributed by atoms with van der Waals surface area (Å²) in [5.74, 6) is 1.68. The first-order valence-corrected chi connectivity index (χ1v) is 8.28. The second-order valence-corrected chi connectivity index (χ2v) is 6.41. The van der Waals surface area contributed by atoms with Crippen LogP contribution in [-0.4, -0.2) is 49.1 Å². The van der Waals surface area contributed by atoms with E-state index in [1.165, 1.54) is 11.3 Å². The van der Waals surface area contributed by atoms with Crippen molar-refractivity contribution in [1.29, 1.82) is 0 Å². The van der Waals surface area contributed by atoms with Gasteiger partial charge in [0.2, 0.25) is 0 Å². The van der Waals surface area contributed by atoms with Gasteiger partial charge in [0.05, 0.1) is 6.54 Å². The zero-order chi connectivity index (χ0) is 15.1. The Hall–Kier alpha value is -1.92. The Bertz CT molecular complexity index is 587. The molecule has 1 atom stereocenters. The molecule has 1 aromatic rings. The monoisotopic (exact) mass is 303 g/mol. The standard InChI is InChI=1S/C15H21N5O2/c21-14-11-6-3-5-8-18(11)15(22)20(14)10-13-17-16-12-7-2-1-4-9-19(12)13/h11H,1-10H2/t11-/m1/s1. The third kappa shape index (κ3) is 2.10. The second kappa shape index (κ2) is 5.37. The van der Waals surface area contributed by atoms with Gasteiger partial charge in [-0.15, -0.1) is 10.2 Å². The minimum atomic E-state index is -0.243. The zero-order valence-corrected chi connectivity index (χ0v) is 12.7. The van der Waals surface area contributed by atoms with Crippen molar-refractivity contribution in [2.45, 2.75) is 64.1 Å². The number of rotatable bonds is 2. The van der Waals surface area contributed by atoms with E-state index in [0.717, 1.165) is 56.7 Å². The van der Waals surface area contributed by atoms with Gasteiger partial charge in [-0.05, 0) is 32.1 Å². The van der Waals surface area contributed by atoms with Crippen LogP contribution in [0.3, 0.4) is 0 Å². The fourth-order valence-corrected chi connectivity index (χ4v) is 3.80. The minimum absolute atomic E-state index is 0.0596. The van der Waals surface area contributed by atoms with Crippen LogP contribution in [0.4, 0.5) is 4.79 Å². The first-order valence-electron chi connectivity index (χ1n) is 8.28. The van der Waals surface area contributed by atoms with Crippen molar-refractivity contribution in [3.63, 3.8) is 0 Å². The van der Waals surface area contributed by atoms with Crippen LogP contribution in [0.2, 0.25) is 0 Å². The fraction of sp³-hybridized carbons (Fsp3) is 0.733. The zero-order valence-electron chi connectivity index (χ0n) is 12.7. The van der Waals surface area contributed by atoms with Crippen LogP contribution >= 0.6 is 0 Å². The van der Waals surface area contributed by atoms with Gasteiger partial charge in [0.25, 0.3) is 5.91 Å². The molecule has 1 aromatic heterocycles. The van der Waals surface area contributed by atoms with Crippen molar-refractivity contribution in [2.24, 2.45) is 0 Å². The first kappa shape index (κ1) is 13.7. The molecule has 0 radical (unpaired) electrons. The molecule has 2 saturated heterocycles. The number of carbonyl (C=O) groups is 2. The van der Waals surface area contributed by atoms with E-state index in [9.17, 15) is 9.59 Å². The van der Waals surface area contributed by atoms with Crippen molar-refractivity contribution in [3.05, 3.63) is 11.6 Å². The van der Waals surface area contributed by atoms with Crippen LogP contribution in [0.5, 0.6) is 0 Å². The lowest BCUT2D eigenvalue weighted by Crippen LogP contribution is -2.39. The highest BCUT2D eigenvalue weighted by Crippen LogP contribution is 2.28. The van der Waals surface area contributed by atoms with Crippen LogP contribution in [0, 0.1) is 0 Å². The Kier molecular flexibility index (Phi) is 3.35. The molecule has 3 amide bonds. The number of piperidine rings is 1. The quantitative estimate of drug-likeness (QED) is 0.773.